The Kier molecular flexibility index (Phi) is 8.43. The minimum absolute atomic E-state index is 0.0553. The van der Waals surface area contributed by atoms with Crippen LogP contribution < -0.4 is 0 Å². The van der Waals surface area contributed by atoms with E-state index in [1.165, 1.54) is 5.56 Å². The first-order valence-electron chi connectivity index (χ1n) is 13.4. The fourth-order valence-electron chi connectivity index (χ4n) is 5.88. The lowest BCUT2D eigenvalue weighted by Crippen LogP contribution is -2.60. The van der Waals surface area contributed by atoms with Crippen LogP contribution in [-0.2, 0) is 4.79 Å². The second kappa shape index (κ2) is 11.4. The van der Waals surface area contributed by atoms with Crippen molar-refractivity contribution in [2.75, 3.05) is 32.7 Å². The summed E-state index contributed by atoms with van der Waals surface area (Å²) in [5.41, 5.74) is 2.32. The first kappa shape index (κ1) is 26.7. The number of amides is 1. The molecule has 0 bridgehead atoms. The van der Waals surface area contributed by atoms with Crippen LogP contribution in [0.15, 0.2) is 54.6 Å². The Morgan fingerprint density at radius 3 is 2.17 bits per heavy atom. The summed E-state index contributed by atoms with van der Waals surface area (Å²) in [6.07, 6.45) is 2.53. The van der Waals surface area contributed by atoms with Gasteiger partial charge < -0.3 is 19.8 Å². The van der Waals surface area contributed by atoms with Crippen LogP contribution in [-0.4, -0.2) is 76.5 Å². The molecule has 0 aromatic heterocycles. The summed E-state index contributed by atoms with van der Waals surface area (Å²) in [6, 6.07) is 18.2. The number of carbonyl (C=O) groups excluding carboxylic acids is 1. The lowest BCUT2D eigenvalue weighted by Gasteiger charge is -2.50. The Morgan fingerprint density at radius 2 is 1.58 bits per heavy atom. The van der Waals surface area contributed by atoms with Crippen LogP contribution in [0.2, 0.25) is 6.82 Å². The summed E-state index contributed by atoms with van der Waals surface area (Å²) in [5.74, 6) is 0.930. The number of piperazine rings is 1. The highest BCUT2D eigenvalue weighted by molar-refractivity contribution is 6.45. The molecule has 0 radical (unpaired) electrons. The van der Waals surface area contributed by atoms with Gasteiger partial charge in [0.25, 0.3) is 0 Å². The molecular formula is C29H42BN3O3. The Morgan fingerprint density at radius 1 is 0.972 bits per heavy atom. The summed E-state index contributed by atoms with van der Waals surface area (Å²) in [7, 11) is -0.411. The van der Waals surface area contributed by atoms with Crippen molar-refractivity contribution in [3.63, 3.8) is 0 Å². The predicted molar refractivity (Wildman–Crippen MR) is 146 cm³/mol. The van der Waals surface area contributed by atoms with Gasteiger partial charge in [-0.2, -0.15) is 0 Å². The van der Waals surface area contributed by atoms with E-state index in [0.29, 0.717) is 18.9 Å². The van der Waals surface area contributed by atoms with Gasteiger partial charge in [-0.1, -0.05) is 63.2 Å². The molecule has 4 rings (SSSR count). The number of aromatic hydroxyl groups is 1. The second-order valence-corrected chi connectivity index (χ2v) is 11.7. The number of benzene rings is 2. The Balaban J connectivity index is 1.51. The van der Waals surface area contributed by atoms with E-state index in [4.69, 9.17) is 0 Å². The average Bonchev–Trinajstić information content (AvgIpc) is 2.86. The van der Waals surface area contributed by atoms with E-state index in [-0.39, 0.29) is 29.2 Å². The topological polar surface area (TPSA) is 67.2 Å². The molecule has 2 aliphatic rings. The van der Waals surface area contributed by atoms with Crippen LogP contribution in [0.5, 0.6) is 5.75 Å². The molecule has 36 heavy (non-hydrogen) atoms. The van der Waals surface area contributed by atoms with E-state index in [0.717, 1.165) is 44.6 Å². The van der Waals surface area contributed by atoms with Gasteiger partial charge in [-0.25, -0.2) is 0 Å². The molecule has 2 atom stereocenters. The lowest BCUT2D eigenvalue weighted by molar-refractivity contribution is -0.141. The molecule has 7 heteroatoms. The molecule has 0 spiro atoms. The van der Waals surface area contributed by atoms with Crippen LogP contribution in [0.4, 0.5) is 0 Å². The normalized spacial score (nSPS) is 21.4. The van der Waals surface area contributed by atoms with Gasteiger partial charge in [-0.05, 0) is 67.3 Å². The third kappa shape index (κ3) is 6.31. The van der Waals surface area contributed by atoms with Crippen molar-refractivity contribution < 1.29 is 14.9 Å². The molecule has 2 aromatic carbocycles. The number of phenolic OH excluding ortho intramolecular Hbond substituents is 1. The molecule has 0 saturated carbocycles. The Bertz CT molecular complexity index is 985. The molecule has 2 fully saturated rings. The summed E-state index contributed by atoms with van der Waals surface area (Å²) >= 11 is 0. The largest absolute Gasteiger partial charge is 0.508 e. The highest BCUT2D eigenvalue weighted by Gasteiger charge is 2.40. The quantitative estimate of drug-likeness (QED) is 0.592. The van der Waals surface area contributed by atoms with E-state index in [2.05, 4.69) is 59.6 Å². The third-order valence-corrected chi connectivity index (χ3v) is 8.06. The summed E-state index contributed by atoms with van der Waals surface area (Å²) in [6.45, 7) is 12.6. The van der Waals surface area contributed by atoms with Gasteiger partial charge in [0.2, 0.25) is 5.91 Å². The van der Waals surface area contributed by atoms with Gasteiger partial charge in [0.05, 0.1) is 6.04 Å². The number of carbonyl (C=O) groups is 1. The highest BCUT2D eigenvalue weighted by Crippen LogP contribution is 2.36. The van der Waals surface area contributed by atoms with Crippen molar-refractivity contribution in [2.24, 2.45) is 11.3 Å². The number of hydrogen-bond donors (Lipinski definition) is 2. The molecule has 1 amide bonds. The number of rotatable bonds is 6. The number of hydrogen-bond acceptors (Lipinski definition) is 5. The van der Waals surface area contributed by atoms with Crippen molar-refractivity contribution in [1.29, 1.82) is 0 Å². The molecule has 0 aliphatic carbocycles. The first-order chi connectivity index (χ1) is 17.1. The minimum Gasteiger partial charge on any atom is -0.508 e. The molecule has 2 aromatic rings. The van der Waals surface area contributed by atoms with Crippen LogP contribution in [0, 0.1) is 11.3 Å². The van der Waals surface area contributed by atoms with Gasteiger partial charge in [0.1, 0.15) is 5.75 Å². The Labute approximate surface area is 217 Å². The molecule has 2 aliphatic heterocycles. The van der Waals surface area contributed by atoms with Crippen molar-refractivity contribution in [2.45, 2.75) is 58.9 Å². The molecule has 194 valence electrons. The van der Waals surface area contributed by atoms with Gasteiger partial charge in [0.15, 0.2) is 0 Å². The second-order valence-electron chi connectivity index (χ2n) is 11.7. The number of piperidine rings is 1. The fourth-order valence-corrected chi connectivity index (χ4v) is 5.88. The maximum atomic E-state index is 13.6. The Hall–Kier alpha value is -2.35. The summed E-state index contributed by atoms with van der Waals surface area (Å²) in [4.78, 5) is 20.3. The standard InChI is InChI=1S/C29H42BN3O3/c1-29(2,3)26-21-31(28(23-8-6-5-7-9-23)24-10-12-25(34)13-11-24)18-19-33(26)27(35)20-22-14-16-32(17-15-22)30(4)36/h5-13,22,26,28,34,36H,14-21H2,1-4H3/t26-,28?/m1/s1. The van der Waals surface area contributed by atoms with Crippen LogP contribution in [0.1, 0.15) is 57.2 Å². The average molecular weight is 491 g/mol. The monoisotopic (exact) mass is 491 g/mol. The van der Waals surface area contributed by atoms with Crippen molar-refractivity contribution in [3.05, 3.63) is 65.7 Å². The van der Waals surface area contributed by atoms with Crippen molar-refractivity contribution >= 4 is 13.0 Å². The molecule has 1 unspecified atom stereocenters. The minimum atomic E-state index is -0.411. The molecule has 6 nitrogen and oxygen atoms in total. The van der Waals surface area contributed by atoms with Crippen LogP contribution in [0.3, 0.4) is 0 Å². The van der Waals surface area contributed by atoms with Gasteiger partial charge >= 0.3 is 7.05 Å². The van der Waals surface area contributed by atoms with E-state index in [1.807, 2.05) is 25.0 Å². The van der Waals surface area contributed by atoms with E-state index >= 15 is 0 Å². The van der Waals surface area contributed by atoms with E-state index in [1.54, 1.807) is 12.1 Å². The maximum Gasteiger partial charge on any atom is 0.376 e. The zero-order valence-electron chi connectivity index (χ0n) is 22.3. The van der Waals surface area contributed by atoms with E-state index in [9.17, 15) is 14.9 Å². The lowest BCUT2D eigenvalue weighted by atomic mass is 9.80. The zero-order valence-corrected chi connectivity index (χ0v) is 22.3. The summed E-state index contributed by atoms with van der Waals surface area (Å²) in [5, 5.41) is 19.7. The maximum absolute atomic E-state index is 13.6. The van der Waals surface area contributed by atoms with Gasteiger partial charge in [0, 0.05) is 32.1 Å². The fraction of sp³-hybridized carbons (Fsp3) is 0.552. The zero-order chi connectivity index (χ0) is 25.9. The third-order valence-electron chi connectivity index (χ3n) is 8.06. The molecule has 2 heterocycles. The molecule has 2 N–H and O–H groups in total. The highest BCUT2D eigenvalue weighted by atomic mass is 16.3. The number of nitrogens with zero attached hydrogens (tertiary/aromatic N) is 3. The van der Waals surface area contributed by atoms with Gasteiger partial charge in [-0.3, -0.25) is 9.69 Å². The molecular weight excluding hydrogens is 449 g/mol. The number of phenols is 1. The first-order valence-corrected chi connectivity index (χ1v) is 13.4. The molecule has 2 saturated heterocycles. The van der Waals surface area contributed by atoms with Crippen molar-refractivity contribution in [1.82, 2.24) is 14.6 Å². The predicted octanol–water partition coefficient (Wildman–Crippen LogP) is 4.25. The van der Waals surface area contributed by atoms with Crippen LogP contribution in [0.25, 0.3) is 0 Å². The van der Waals surface area contributed by atoms with Crippen LogP contribution >= 0.6 is 0 Å². The van der Waals surface area contributed by atoms with Crippen molar-refractivity contribution in [3.8, 4) is 5.75 Å². The van der Waals surface area contributed by atoms with Gasteiger partial charge in [-0.15, -0.1) is 0 Å². The van der Waals surface area contributed by atoms with E-state index < -0.39 is 7.05 Å². The SMILES string of the molecule is CB(O)N1CCC(CC(=O)N2CCN(C(c3ccccc3)c3ccc(O)cc3)C[C@@H]2C(C)(C)C)CC1. The summed E-state index contributed by atoms with van der Waals surface area (Å²) < 4.78 is 0. The smallest absolute Gasteiger partial charge is 0.376 e.